The Kier molecular flexibility index (Phi) is 1.84. The number of halogens is 2. The van der Waals surface area contributed by atoms with Gasteiger partial charge in [-0.15, -0.1) is 0 Å². The molecule has 1 aliphatic rings. The van der Waals surface area contributed by atoms with E-state index in [0.29, 0.717) is 4.60 Å². The number of anilines is 1. The van der Waals surface area contributed by atoms with Crippen molar-refractivity contribution in [1.29, 1.82) is 0 Å². The number of nitrogens with zero attached hydrogens (tertiary/aromatic N) is 1. The molecule has 4 heteroatoms. The van der Waals surface area contributed by atoms with Crippen LogP contribution in [0, 0.1) is 5.82 Å². The minimum atomic E-state index is -0.316. The molecule has 0 amide bonds. The maximum atomic E-state index is 13.1. The normalized spacial score (nSPS) is 18.2. The minimum Gasteiger partial charge on any atom is -0.383 e. The average Bonchev–Trinajstić information content (AvgIpc) is 2.31. The van der Waals surface area contributed by atoms with E-state index in [0.717, 1.165) is 17.9 Å². The number of fused-ring (bicyclic) bond motifs is 1. The quantitative estimate of drug-likeness (QED) is 0.711. The fraction of sp³-hybridized carbons (Fsp3) is 0.444. The van der Waals surface area contributed by atoms with Gasteiger partial charge in [0.1, 0.15) is 4.60 Å². The summed E-state index contributed by atoms with van der Waals surface area (Å²) in [5, 5.41) is 3.14. The van der Waals surface area contributed by atoms with E-state index in [1.165, 1.54) is 6.07 Å². The van der Waals surface area contributed by atoms with Crippen LogP contribution >= 0.6 is 15.9 Å². The van der Waals surface area contributed by atoms with E-state index >= 15 is 0 Å². The van der Waals surface area contributed by atoms with Crippen LogP contribution in [-0.4, -0.2) is 11.5 Å². The highest BCUT2D eigenvalue weighted by Gasteiger charge is 2.32. The number of hydrogen-bond donors (Lipinski definition) is 1. The molecule has 0 saturated carbocycles. The molecule has 1 aromatic rings. The smallest absolute Gasteiger partial charge is 0.158 e. The highest BCUT2D eigenvalue weighted by atomic mass is 79.9. The lowest BCUT2D eigenvalue weighted by Crippen LogP contribution is -2.20. The van der Waals surface area contributed by atoms with Crippen molar-refractivity contribution in [3.63, 3.8) is 0 Å². The highest BCUT2D eigenvalue weighted by Crippen LogP contribution is 2.36. The number of pyridine rings is 1. The highest BCUT2D eigenvalue weighted by molar-refractivity contribution is 9.10. The van der Waals surface area contributed by atoms with Gasteiger partial charge in [0.05, 0.1) is 11.4 Å². The van der Waals surface area contributed by atoms with Crippen LogP contribution in [0.4, 0.5) is 10.1 Å². The Hall–Kier alpha value is -0.640. The maximum absolute atomic E-state index is 13.1. The number of hydrogen-bond acceptors (Lipinski definition) is 2. The van der Waals surface area contributed by atoms with E-state index in [4.69, 9.17) is 0 Å². The standard InChI is InChI=1S/C9H10BrFN2/c1-9(2)4-12-6-3-5(11)8(10)13-7(6)9/h3,12H,4H2,1-2H3. The topological polar surface area (TPSA) is 24.9 Å². The van der Waals surface area contributed by atoms with Crippen LogP contribution in [0.5, 0.6) is 0 Å². The second kappa shape index (κ2) is 2.67. The number of aromatic nitrogens is 1. The summed E-state index contributed by atoms with van der Waals surface area (Å²) in [6.07, 6.45) is 0. The molecule has 70 valence electrons. The first kappa shape index (κ1) is 8.94. The molecule has 2 rings (SSSR count). The summed E-state index contributed by atoms with van der Waals surface area (Å²) >= 11 is 3.09. The molecule has 0 aliphatic carbocycles. The molecule has 0 unspecified atom stereocenters. The zero-order valence-electron chi connectivity index (χ0n) is 7.49. The molecular weight excluding hydrogens is 235 g/mol. The van der Waals surface area contributed by atoms with Gasteiger partial charge in [-0.2, -0.15) is 0 Å². The van der Waals surface area contributed by atoms with Crippen LogP contribution in [0.1, 0.15) is 19.5 Å². The van der Waals surface area contributed by atoms with Gasteiger partial charge in [0.15, 0.2) is 5.82 Å². The van der Waals surface area contributed by atoms with Gasteiger partial charge in [-0.1, -0.05) is 13.8 Å². The summed E-state index contributed by atoms with van der Waals surface area (Å²) in [5.74, 6) is -0.316. The molecule has 1 aromatic heterocycles. The van der Waals surface area contributed by atoms with Gasteiger partial charge in [0, 0.05) is 18.0 Å². The summed E-state index contributed by atoms with van der Waals surface area (Å²) in [6, 6.07) is 1.49. The maximum Gasteiger partial charge on any atom is 0.158 e. The van der Waals surface area contributed by atoms with Crippen molar-refractivity contribution in [1.82, 2.24) is 4.98 Å². The van der Waals surface area contributed by atoms with Crippen molar-refractivity contribution in [2.75, 3.05) is 11.9 Å². The van der Waals surface area contributed by atoms with Crippen LogP contribution in [0.3, 0.4) is 0 Å². The third-order valence-corrected chi connectivity index (χ3v) is 2.85. The Bertz CT molecular complexity index is 363. The van der Waals surface area contributed by atoms with Gasteiger partial charge in [-0.3, -0.25) is 0 Å². The van der Waals surface area contributed by atoms with Gasteiger partial charge in [-0.25, -0.2) is 9.37 Å². The molecule has 0 fully saturated rings. The number of rotatable bonds is 0. The van der Waals surface area contributed by atoms with Crippen LogP contribution in [0.15, 0.2) is 10.7 Å². The summed E-state index contributed by atoms with van der Waals surface area (Å²) < 4.78 is 13.4. The Labute approximate surface area is 84.7 Å². The molecule has 0 aromatic carbocycles. The van der Waals surface area contributed by atoms with Crippen molar-refractivity contribution in [3.8, 4) is 0 Å². The fourth-order valence-corrected chi connectivity index (χ4v) is 1.81. The van der Waals surface area contributed by atoms with Crippen molar-refractivity contribution in [3.05, 3.63) is 22.2 Å². The second-order valence-corrected chi connectivity index (χ2v) is 4.65. The van der Waals surface area contributed by atoms with Gasteiger partial charge in [0.2, 0.25) is 0 Å². The lowest BCUT2D eigenvalue weighted by Gasteiger charge is -2.15. The predicted molar refractivity (Wildman–Crippen MR) is 53.4 cm³/mol. The lowest BCUT2D eigenvalue weighted by atomic mass is 9.91. The van der Waals surface area contributed by atoms with Crippen molar-refractivity contribution in [2.45, 2.75) is 19.3 Å². The van der Waals surface area contributed by atoms with Crippen LogP contribution in [0.2, 0.25) is 0 Å². The predicted octanol–water partition coefficient (Wildman–Crippen LogP) is 2.69. The largest absolute Gasteiger partial charge is 0.383 e. The van der Waals surface area contributed by atoms with Gasteiger partial charge < -0.3 is 5.32 Å². The van der Waals surface area contributed by atoms with E-state index in [1.807, 2.05) is 0 Å². The van der Waals surface area contributed by atoms with Crippen molar-refractivity contribution < 1.29 is 4.39 Å². The Balaban J connectivity index is 2.61. The van der Waals surface area contributed by atoms with E-state index < -0.39 is 0 Å². The average molecular weight is 245 g/mol. The van der Waals surface area contributed by atoms with Crippen molar-refractivity contribution >= 4 is 21.6 Å². The number of nitrogens with one attached hydrogen (secondary N) is 1. The first-order valence-corrected chi connectivity index (χ1v) is 4.90. The summed E-state index contributed by atoms with van der Waals surface area (Å²) in [5.41, 5.74) is 1.73. The van der Waals surface area contributed by atoms with E-state index in [9.17, 15) is 4.39 Å². The van der Waals surface area contributed by atoms with E-state index in [1.54, 1.807) is 0 Å². The Morgan fingerprint density at radius 1 is 1.62 bits per heavy atom. The lowest BCUT2D eigenvalue weighted by molar-refractivity contribution is 0.559. The molecular formula is C9H10BrFN2. The van der Waals surface area contributed by atoms with Crippen LogP contribution in [-0.2, 0) is 5.41 Å². The molecule has 0 spiro atoms. The molecule has 1 aliphatic heterocycles. The summed E-state index contributed by atoms with van der Waals surface area (Å²) in [4.78, 5) is 4.19. The SMILES string of the molecule is CC1(C)CNc2cc(F)c(Br)nc21. The van der Waals surface area contributed by atoms with Crippen LogP contribution < -0.4 is 5.32 Å². The van der Waals surface area contributed by atoms with Gasteiger partial charge in [0.25, 0.3) is 0 Å². The molecule has 1 N–H and O–H groups in total. The zero-order chi connectivity index (χ0) is 9.64. The molecule has 2 heterocycles. The fourth-order valence-electron chi connectivity index (χ4n) is 1.52. The third-order valence-electron chi connectivity index (χ3n) is 2.30. The first-order chi connectivity index (χ1) is 6.00. The molecule has 2 nitrogen and oxygen atoms in total. The van der Waals surface area contributed by atoms with E-state index in [2.05, 4.69) is 40.1 Å². The van der Waals surface area contributed by atoms with Gasteiger partial charge >= 0.3 is 0 Å². The van der Waals surface area contributed by atoms with E-state index in [-0.39, 0.29) is 11.2 Å². The van der Waals surface area contributed by atoms with Gasteiger partial charge in [-0.05, 0) is 15.9 Å². The summed E-state index contributed by atoms with van der Waals surface area (Å²) in [7, 11) is 0. The Morgan fingerprint density at radius 3 is 3.00 bits per heavy atom. The molecule has 0 saturated heterocycles. The third kappa shape index (κ3) is 1.33. The molecule has 13 heavy (non-hydrogen) atoms. The minimum absolute atomic E-state index is 0.00838. The molecule has 0 atom stereocenters. The molecule has 0 bridgehead atoms. The van der Waals surface area contributed by atoms with Crippen molar-refractivity contribution in [2.24, 2.45) is 0 Å². The van der Waals surface area contributed by atoms with Crippen LogP contribution in [0.25, 0.3) is 0 Å². The molecule has 0 radical (unpaired) electrons. The summed E-state index contributed by atoms with van der Waals surface area (Å²) in [6.45, 7) is 4.98. The Morgan fingerprint density at radius 2 is 2.31 bits per heavy atom. The zero-order valence-corrected chi connectivity index (χ0v) is 9.07. The first-order valence-electron chi connectivity index (χ1n) is 4.11. The second-order valence-electron chi connectivity index (χ2n) is 3.89. The monoisotopic (exact) mass is 244 g/mol.